The van der Waals surface area contributed by atoms with Gasteiger partial charge in [0.15, 0.2) is 11.8 Å². The van der Waals surface area contributed by atoms with Crippen LogP contribution in [0.2, 0.25) is 0 Å². The molecule has 0 aliphatic carbocycles. The summed E-state index contributed by atoms with van der Waals surface area (Å²) in [6, 6.07) is 13.1. The average molecular weight is 486 g/mol. The minimum atomic E-state index is -0.933. The number of carbonyl (C=O) groups excluding carboxylic acids is 2. The van der Waals surface area contributed by atoms with Crippen LogP contribution in [-0.2, 0) is 16.6 Å². The maximum absolute atomic E-state index is 13.4. The van der Waals surface area contributed by atoms with Crippen LogP contribution in [0.5, 0.6) is 0 Å². The third kappa shape index (κ3) is 4.49. The van der Waals surface area contributed by atoms with Crippen molar-refractivity contribution in [1.82, 2.24) is 29.6 Å². The van der Waals surface area contributed by atoms with Crippen LogP contribution in [0, 0.1) is 6.92 Å². The van der Waals surface area contributed by atoms with Crippen molar-refractivity contribution in [3.05, 3.63) is 66.1 Å². The molecule has 36 heavy (non-hydrogen) atoms. The normalized spacial score (nSPS) is 14.6. The Morgan fingerprint density at radius 1 is 1.00 bits per heavy atom. The van der Waals surface area contributed by atoms with E-state index in [1.165, 1.54) is 0 Å². The Kier molecular flexibility index (Phi) is 6.32. The van der Waals surface area contributed by atoms with Gasteiger partial charge in [-0.25, -0.2) is 19.7 Å². The van der Waals surface area contributed by atoms with Crippen molar-refractivity contribution in [1.29, 1.82) is 0 Å². The second-order valence-corrected chi connectivity index (χ2v) is 8.74. The number of nitrogens with zero attached hydrogens (tertiary/aromatic N) is 7. The van der Waals surface area contributed by atoms with E-state index < -0.39 is 12.1 Å². The van der Waals surface area contributed by atoms with Crippen molar-refractivity contribution >= 4 is 28.9 Å². The van der Waals surface area contributed by atoms with Gasteiger partial charge in [-0.2, -0.15) is 5.10 Å². The molecule has 1 aliphatic rings. The zero-order valence-electron chi connectivity index (χ0n) is 20.5. The minimum absolute atomic E-state index is 0.228. The maximum atomic E-state index is 13.4. The lowest BCUT2D eigenvalue weighted by atomic mass is 10.1. The van der Waals surface area contributed by atoms with E-state index in [-0.39, 0.29) is 5.91 Å². The molecule has 1 saturated heterocycles. The lowest BCUT2D eigenvalue weighted by molar-refractivity contribution is -0.140. The van der Waals surface area contributed by atoms with E-state index in [2.05, 4.69) is 15.1 Å². The number of hydrogen-bond donors (Lipinski definition) is 0. The van der Waals surface area contributed by atoms with Crippen LogP contribution >= 0.6 is 0 Å². The van der Waals surface area contributed by atoms with Crippen LogP contribution in [0.15, 0.2) is 54.9 Å². The summed E-state index contributed by atoms with van der Waals surface area (Å²) < 4.78 is 7.34. The Hall–Kier alpha value is -4.34. The molecular formula is C26H27N7O3. The number of piperazine rings is 1. The Bertz CT molecular complexity index is 1400. The summed E-state index contributed by atoms with van der Waals surface area (Å²) in [5.41, 5.74) is 3.10. The summed E-state index contributed by atoms with van der Waals surface area (Å²) >= 11 is 0. The van der Waals surface area contributed by atoms with Gasteiger partial charge in [0.05, 0.1) is 22.3 Å². The minimum Gasteiger partial charge on any atom is -0.449 e. The second-order valence-electron chi connectivity index (χ2n) is 8.74. The molecule has 1 unspecified atom stereocenters. The third-order valence-corrected chi connectivity index (χ3v) is 6.32. The fourth-order valence-electron chi connectivity index (χ4n) is 4.48. The van der Waals surface area contributed by atoms with Gasteiger partial charge >= 0.3 is 5.97 Å². The zero-order chi connectivity index (χ0) is 25.2. The molecule has 184 valence electrons. The number of aromatic nitrogens is 5. The number of esters is 1. The molecule has 0 radical (unpaired) electrons. The van der Waals surface area contributed by atoms with E-state index in [1.54, 1.807) is 48.1 Å². The van der Waals surface area contributed by atoms with E-state index in [1.807, 2.05) is 42.2 Å². The first-order valence-corrected chi connectivity index (χ1v) is 11.8. The predicted octanol–water partition coefficient (Wildman–Crippen LogP) is 2.63. The van der Waals surface area contributed by atoms with Gasteiger partial charge < -0.3 is 14.5 Å². The van der Waals surface area contributed by atoms with Crippen molar-refractivity contribution in [2.75, 3.05) is 31.1 Å². The first-order valence-electron chi connectivity index (χ1n) is 11.8. The van der Waals surface area contributed by atoms with E-state index in [9.17, 15) is 9.59 Å². The number of pyridine rings is 1. The summed E-state index contributed by atoms with van der Waals surface area (Å²) in [7, 11) is 1.79. The highest BCUT2D eigenvalue weighted by Crippen LogP contribution is 2.27. The number of carbonyl (C=O) groups is 2. The lowest BCUT2D eigenvalue weighted by Crippen LogP contribution is -2.52. The second kappa shape index (κ2) is 9.73. The molecule has 0 N–H and O–H groups in total. The Morgan fingerprint density at radius 3 is 2.39 bits per heavy atom. The molecule has 0 spiro atoms. The molecule has 10 nitrogen and oxygen atoms in total. The van der Waals surface area contributed by atoms with Crippen LogP contribution in [0.3, 0.4) is 0 Å². The molecule has 1 fully saturated rings. The zero-order valence-corrected chi connectivity index (χ0v) is 20.5. The quantitative estimate of drug-likeness (QED) is 0.397. The highest BCUT2D eigenvalue weighted by atomic mass is 16.5. The highest BCUT2D eigenvalue weighted by molar-refractivity contribution is 6.05. The van der Waals surface area contributed by atoms with Gasteiger partial charge in [-0.15, -0.1) is 0 Å². The Labute approximate surface area is 208 Å². The topological polar surface area (TPSA) is 106 Å². The van der Waals surface area contributed by atoms with Gasteiger partial charge in [-0.1, -0.05) is 30.3 Å². The van der Waals surface area contributed by atoms with Gasteiger partial charge in [0.25, 0.3) is 5.91 Å². The van der Waals surface area contributed by atoms with E-state index in [0.29, 0.717) is 60.1 Å². The van der Waals surface area contributed by atoms with Gasteiger partial charge in [0, 0.05) is 51.2 Å². The Morgan fingerprint density at radius 2 is 1.69 bits per heavy atom. The first kappa shape index (κ1) is 23.4. The number of aryl methyl sites for hydroxylation is 2. The molecular weight excluding hydrogens is 458 g/mol. The van der Waals surface area contributed by atoms with Crippen LogP contribution in [0.1, 0.15) is 23.0 Å². The molecule has 1 amide bonds. The summed E-state index contributed by atoms with van der Waals surface area (Å²) in [4.78, 5) is 43.5. The van der Waals surface area contributed by atoms with Crippen molar-refractivity contribution in [3.8, 4) is 11.3 Å². The third-order valence-electron chi connectivity index (χ3n) is 6.32. The smallest absolute Gasteiger partial charge is 0.339 e. The fourth-order valence-corrected chi connectivity index (χ4v) is 4.48. The number of fused-ring (bicyclic) bond motifs is 1. The fraction of sp³-hybridized carbons (Fsp3) is 0.308. The maximum Gasteiger partial charge on any atom is 0.339 e. The summed E-state index contributed by atoms with van der Waals surface area (Å²) in [5, 5.41) is 5.07. The van der Waals surface area contributed by atoms with Crippen LogP contribution in [0.4, 0.5) is 5.95 Å². The number of rotatable bonds is 5. The first-order chi connectivity index (χ1) is 17.4. The van der Waals surface area contributed by atoms with Crippen molar-refractivity contribution < 1.29 is 14.3 Å². The summed E-state index contributed by atoms with van der Waals surface area (Å²) in [6.07, 6.45) is 2.47. The van der Waals surface area contributed by atoms with Gasteiger partial charge in [0.1, 0.15) is 0 Å². The molecule has 0 bridgehead atoms. The monoisotopic (exact) mass is 485 g/mol. The van der Waals surface area contributed by atoms with Crippen LogP contribution in [-0.4, -0.2) is 73.8 Å². The van der Waals surface area contributed by atoms with E-state index in [0.717, 1.165) is 5.56 Å². The molecule has 10 heteroatoms. The molecule has 1 aliphatic heterocycles. The van der Waals surface area contributed by atoms with Crippen LogP contribution < -0.4 is 4.90 Å². The predicted molar refractivity (Wildman–Crippen MR) is 134 cm³/mol. The van der Waals surface area contributed by atoms with Gasteiger partial charge in [-0.05, 0) is 26.0 Å². The van der Waals surface area contributed by atoms with Crippen molar-refractivity contribution in [3.63, 3.8) is 0 Å². The number of ether oxygens (including phenoxy) is 1. The van der Waals surface area contributed by atoms with Gasteiger partial charge in [0.2, 0.25) is 5.95 Å². The standard InChI is InChI=1S/C26H27N7O3/c1-17-22-20(16-21(19-8-5-4-6-9-19)29-23(22)31(3)30-17)25(35)36-18(2)24(34)32-12-14-33(15-13-32)26-27-10-7-11-28-26/h4-11,16,18H,12-15H2,1-3H3. The lowest BCUT2D eigenvalue weighted by Gasteiger charge is -2.35. The number of amides is 1. The van der Waals surface area contributed by atoms with Gasteiger partial charge in [-0.3, -0.25) is 9.48 Å². The van der Waals surface area contributed by atoms with E-state index in [4.69, 9.17) is 9.72 Å². The molecule has 4 aromatic rings. The molecule has 4 heterocycles. The van der Waals surface area contributed by atoms with Crippen LogP contribution in [0.25, 0.3) is 22.3 Å². The average Bonchev–Trinajstić information content (AvgIpc) is 3.21. The SMILES string of the molecule is Cc1nn(C)c2nc(-c3ccccc3)cc(C(=O)OC(C)C(=O)N3CCN(c4ncccn4)CC3)c12. The van der Waals surface area contributed by atoms with Crippen molar-refractivity contribution in [2.45, 2.75) is 20.0 Å². The molecule has 0 saturated carbocycles. The molecule has 1 aromatic carbocycles. The number of benzene rings is 1. The van der Waals surface area contributed by atoms with Crippen molar-refractivity contribution in [2.24, 2.45) is 7.05 Å². The number of hydrogen-bond acceptors (Lipinski definition) is 8. The molecule has 5 rings (SSSR count). The summed E-state index contributed by atoms with van der Waals surface area (Å²) in [6.45, 7) is 5.65. The largest absolute Gasteiger partial charge is 0.449 e. The van der Waals surface area contributed by atoms with E-state index >= 15 is 0 Å². The Balaban J connectivity index is 1.33. The molecule has 1 atom stereocenters. The number of anilines is 1. The highest BCUT2D eigenvalue weighted by Gasteiger charge is 2.29. The molecule has 3 aromatic heterocycles. The summed E-state index contributed by atoms with van der Waals surface area (Å²) in [5.74, 6) is -0.159.